The van der Waals surface area contributed by atoms with E-state index >= 15 is 0 Å². The van der Waals surface area contributed by atoms with Gasteiger partial charge >= 0.3 is 0 Å². The van der Waals surface area contributed by atoms with Gasteiger partial charge in [-0.1, -0.05) is 12.2 Å². The highest BCUT2D eigenvalue weighted by Crippen LogP contribution is 2.07. The number of allylic oxidation sites excluding steroid dienone is 2. The van der Waals surface area contributed by atoms with Gasteiger partial charge in [-0.05, 0) is 25.6 Å². The van der Waals surface area contributed by atoms with Crippen molar-refractivity contribution in [2.24, 2.45) is 0 Å². The summed E-state index contributed by atoms with van der Waals surface area (Å²) < 4.78 is 14.4. The van der Waals surface area contributed by atoms with Gasteiger partial charge in [0.1, 0.15) is 0 Å². The van der Waals surface area contributed by atoms with Crippen molar-refractivity contribution in [2.45, 2.75) is 25.6 Å². The van der Waals surface area contributed by atoms with E-state index in [0.29, 0.717) is 6.42 Å². The van der Waals surface area contributed by atoms with E-state index in [1.54, 1.807) is 6.08 Å². The molecule has 0 bridgehead atoms. The van der Waals surface area contributed by atoms with Gasteiger partial charge in [0, 0.05) is 2.74 Å². The fourth-order valence-electron chi connectivity index (χ4n) is 0.572. The maximum absolute atomic E-state index is 7.21. The van der Waals surface area contributed by atoms with Crippen LogP contribution < -0.4 is 0 Å². The Morgan fingerprint density at radius 1 is 1.33 bits per heavy atom. The highest BCUT2D eigenvalue weighted by atomic mass is 13.9. The largest absolute Gasteiger partial charge is 0.0885 e. The van der Waals surface area contributed by atoms with Crippen molar-refractivity contribution in [3.63, 3.8) is 0 Å². The smallest absolute Gasteiger partial charge is 0.0310 e. The minimum absolute atomic E-state index is 0.698. The molecule has 0 nitrogen and oxygen atoms in total. The molecule has 0 atom stereocenters. The van der Waals surface area contributed by atoms with Crippen LogP contribution in [0.5, 0.6) is 0 Å². The average Bonchev–Trinajstić information content (AvgIpc) is 1.65. The summed E-state index contributed by atoms with van der Waals surface area (Å²) in [5, 5.41) is 0. The standard InChI is InChI=1S/C6H10/c1-2-4-6-5-3-1/h1-2H,3-6H2/i3D2. The van der Waals surface area contributed by atoms with Crippen molar-refractivity contribution in [3.8, 4) is 0 Å². The van der Waals surface area contributed by atoms with E-state index in [1.165, 1.54) is 0 Å². The third kappa shape index (κ3) is 0.852. The molecule has 0 aromatic rings. The lowest BCUT2D eigenvalue weighted by Gasteiger charge is -1.97. The Balaban J connectivity index is 2.56. The Morgan fingerprint density at radius 2 is 2.33 bits per heavy atom. The molecule has 1 aliphatic carbocycles. The maximum Gasteiger partial charge on any atom is 0.0310 e. The Morgan fingerprint density at radius 3 is 2.67 bits per heavy atom. The SMILES string of the molecule is [2H]C1([2H])C=CCCC1. The van der Waals surface area contributed by atoms with Gasteiger partial charge in [-0.15, -0.1) is 0 Å². The average molecular weight is 84.2 g/mol. The highest BCUT2D eigenvalue weighted by molar-refractivity contribution is 4.85. The maximum atomic E-state index is 7.21. The molecule has 0 amide bonds. The molecule has 0 N–H and O–H groups in total. The predicted molar refractivity (Wildman–Crippen MR) is 27.6 cm³/mol. The van der Waals surface area contributed by atoms with Crippen LogP contribution in [0.4, 0.5) is 0 Å². The molecule has 0 unspecified atom stereocenters. The number of hydrogen-bond donors (Lipinski definition) is 0. The molecular formula is C6H10. The Hall–Kier alpha value is -0.260. The molecule has 0 saturated carbocycles. The Kier molecular flexibility index (Phi) is 0.722. The van der Waals surface area contributed by atoms with Gasteiger partial charge in [0.25, 0.3) is 0 Å². The van der Waals surface area contributed by atoms with Crippen LogP contribution in [0.15, 0.2) is 12.2 Å². The lowest BCUT2D eigenvalue weighted by atomic mass is 10.1. The predicted octanol–water partition coefficient (Wildman–Crippen LogP) is 2.12. The summed E-state index contributed by atoms with van der Waals surface area (Å²) in [6, 6.07) is 0. The van der Waals surface area contributed by atoms with E-state index in [4.69, 9.17) is 2.74 Å². The van der Waals surface area contributed by atoms with Crippen molar-refractivity contribution >= 4 is 0 Å². The lowest BCUT2D eigenvalue weighted by molar-refractivity contribution is 0.730. The van der Waals surface area contributed by atoms with Gasteiger partial charge in [-0.25, -0.2) is 0 Å². The zero-order chi connectivity index (χ0) is 6.04. The van der Waals surface area contributed by atoms with Crippen molar-refractivity contribution in [1.82, 2.24) is 0 Å². The summed E-state index contributed by atoms with van der Waals surface area (Å²) in [6.07, 6.45) is 5.34. The topological polar surface area (TPSA) is 0 Å². The monoisotopic (exact) mass is 84.1 g/mol. The zero-order valence-electron chi connectivity index (χ0n) is 5.78. The van der Waals surface area contributed by atoms with E-state index < -0.39 is 6.37 Å². The lowest BCUT2D eigenvalue weighted by Crippen LogP contribution is -1.77. The van der Waals surface area contributed by atoms with Crippen LogP contribution in [0.2, 0.25) is 0 Å². The van der Waals surface area contributed by atoms with Gasteiger partial charge in [0.05, 0.1) is 0 Å². The second kappa shape index (κ2) is 2.01. The number of rotatable bonds is 0. The second-order valence-corrected chi connectivity index (χ2v) is 1.50. The summed E-state index contributed by atoms with van der Waals surface area (Å²) in [5.74, 6) is 0. The van der Waals surface area contributed by atoms with Crippen molar-refractivity contribution < 1.29 is 2.74 Å². The molecule has 0 fully saturated rings. The fourth-order valence-corrected chi connectivity index (χ4v) is 0.572. The first-order chi connectivity index (χ1) is 3.71. The second-order valence-electron chi connectivity index (χ2n) is 1.50. The minimum atomic E-state index is -1.00. The molecular weight excluding hydrogens is 72.1 g/mol. The summed E-state index contributed by atoms with van der Waals surface area (Å²) >= 11 is 0. The van der Waals surface area contributed by atoms with E-state index in [1.807, 2.05) is 6.08 Å². The summed E-state index contributed by atoms with van der Waals surface area (Å²) in [7, 11) is 0. The molecule has 34 valence electrons. The van der Waals surface area contributed by atoms with E-state index in [2.05, 4.69) is 0 Å². The minimum Gasteiger partial charge on any atom is -0.0885 e. The molecule has 0 heteroatoms. The van der Waals surface area contributed by atoms with Crippen LogP contribution in [0, 0.1) is 0 Å². The van der Waals surface area contributed by atoms with Gasteiger partial charge in [-0.2, -0.15) is 0 Å². The first-order valence-corrected chi connectivity index (χ1v) is 2.38. The molecule has 0 saturated heterocycles. The van der Waals surface area contributed by atoms with Crippen LogP contribution in [-0.2, 0) is 0 Å². The first kappa shape index (κ1) is 2.15. The van der Waals surface area contributed by atoms with Crippen molar-refractivity contribution in [2.75, 3.05) is 0 Å². The number of hydrogen-bond acceptors (Lipinski definition) is 0. The molecule has 1 rings (SSSR count). The first-order valence-electron chi connectivity index (χ1n) is 3.38. The van der Waals surface area contributed by atoms with Gasteiger partial charge in [0.2, 0.25) is 0 Å². The Labute approximate surface area is 41.7 Å². The zero-order valence-corrected chi connectivity index (χ0v) is 3.78. The van der Waals surface area contributed by atoms with Crippen LogP contribution >= 0.6 is 0 Å². The molecule has 0 spiro atoms. The third-order valence-electron chi connectivity index (χ3n) is 0.928. The van der Waals surface area contributed by atoms with Gasteiger partial charge < -0.3 is 0 Å². The van der Waals surface area contributed by atoms with Gasteiger partial charge in [-0.3, -0.25) is 0 Å². The van der Waals surface area contributed by atoms with Crippen LogP contribution in [-0.4, -0.2) is 0 Å². The van der Waals surface area contributed by atoms with E-state index in [0.717, 1.165) is 12.8 Å². The normalized spacial score (nSPS) is 34.7. The summed E-state index contributed by atoms with van der Waals surface area (Å²) in [4.78, 5) is 0. The van der Waals surface area contributed by atoms with Crippen LogP contribution in [0.1, 0.15) is 28.4 Å². The Bertz CT molecular complexity index is 105. The molecule has 6 heavy (non-hydrogen) atoms. The molecule has 0 aliphatic heterocycles. The molecule has 0 heterocycles. The molecule has 0 aromatic carbocycles. The van der Waals surface area contributed by atoms with Crippen molar-refractivity contribution in [1.29, 1.82) is 0 Å². The molecule has 0 radical (unpaired) electrons. The fraction of sp³-hybridized carbons (Fsp3) is 0.667. The van der Waals surface area contributed by atoms with Crippen LogP contribution in [0.25, 0.3) is 0 Å². The van der Waals surface area contributed by atoms with E-state index in [9.17, 15) is 0 Å². The quantitative estimate of drug-likeness (QED) is 0.394. The molecule has 1 aliphatic rings. The molecule has 0 aromatic heterocycles. The van der Waals surface area contributed by atoms with Crippen molar-refractivity contribution in [3.05, 3.63) is 12.2 Å². The van der Waals surface area contributed by atoms with Gasteiger partial charge in [0.15, 0.2) is 0 Å². The summed E-state index contributed by atoms with van der Waals surface area (Å²) in [6.45, 7) is 0. The highest BCUT2D eigenvalue weighted by Gasteiger charge is 1.87. The summed E-state index contributed by atoms with van der Waals surface area (Å²) in [5.41, 5.74) is 0. The van der Waals surface area contributed by atoms with Crippen LogP contribution in [0.3, 0.4) is 0 Å². The third-order valence-corrected chi connectivity index (χ3v) is 0.928. The van der Waals surface area contributed by atoms with E-state index in [-0.39, 0.29) is 0 Å².